The summed E-state index contributed by atoms with van der Waals surface area (Å²) in [5.41, 5.74) is -1.04. The van der Waals surface area contributed by atoms with Gasteiger partial charge in [-0.2, -0.15) is 18.3 Å². The average Bonchev–Trinajstić information content (AvgIpc) is 3.03. The van der Waals surface area contributed by atoms with Gasteiger partial charge in [-0.3, -0.25) is 4.98 Å². The Morgan fingerprint density at radius 2 is 2.00 bits per heavy atom. The Morgan fingerprint density at radius 1 is 1.27 bits per heavy atom. The van der Waals surface area contributed by atoms with E-state index in [-0.39, 0.29) is 22.0 Å². The molecule has 0 spiro atoms. The number of nitrogens with one attached hydrogen (secondary N) is 1. The van der Waals surface area contributed by atoms with Gasteiger partial charge in [0.2, 0.25) is 0 Å². The van der Waals surface area contributed by atoms with Crippen LogP contribution in [-0.2, 0) is 16.0 Å². The fraction of sp³-hybridized carbons (Fsp3) is 0.267. The maximum atomic E-state index is 12.8. The number of rotatable bonds is 4. The quantitative estimate of drug-likeness (QED) is 0.743. The summed E-state index contributed by atoms with van der Waals surface area (Å²) in [5, 5.41) is 7.18. The molecular formula is C15H14F3N5O2S. The predicted molar refractivity (Wildman–Crippen MR) is 88.9 cm³/mol. The summed E-state index contributed by atoms with van der Waals surface area (Å²) in [7, 11) is -2.01. The van der Waals surface area contributed by atoms with Gasteiger partial charge in [0.15, 0.2) is 15.7 Å². The Hall–Kier alpha value is -2.69. The number of sulfone groups is 1. The van der Waals surface area contributed by atoms with Crippen LogP contribution in [0.15, 0.2) is 35.5 Å². The highest BCUT2D eigenvalue weighted by Gasteiger charge is 2.33. The van der Waals surface area contributed by atoms with Crippen LogP contribution in [-0.4, -0.2) is 41.0 Å². The lowest BCUT2D eigenvalue weighted by molar-refractivity contribution is -0.141. The molecule has 0 aromatic carbocycles. The minimum atomic E-state index is -4.60. The van der Waals surface area contributed by atoms with Gasteiger partial charge in [0.1, 0.15) is 16.4 Å². The van der Waals surface area contributed by atoms with Gasteiger partial charge in [-0.1, -0.05) is 6.92 Å². The van der Waals surface area contributed by atoms with Crippen molar-refractivity contribution in [3.63, 3.8) is 0 Å². The highest BCUT2D eigenvalue weighted by molar-refractivity contribution is 7.91. The second-order valence-electron chi connectivity index (χ2n) is 5.37. The molecule has 0 aliphatic rings. The van der Waals surface area contributed by atoms with E-state index in [1.165, 1.54) is 25.3 Å². The Bertz CT molecular complexity index is 1080. The van der Waals surface area contributed by atoms with Crippen molar-refractivity contribution < 1.29 is 21.6 Å². The Labute approximate surface area is 146 Å². The zero-order valence-corrected chi connectivity index (χ0v) is 14.6. The fourth-order valence-corrected chi connectivity index (χ4v) is 3.32. The molecule has 1 N–H and O–H groups in total. The molecule has 11 heteroatoms. The van der Waals surface area contributed by atoms with Gasteiger partial charge in [0, 0.05) is 24.8 Å². The number of hydrogen-bond acceptors (Lipinski definition) is 6. The lowest BCUT2D eigenvalue weighted by atomic mass is 10.3. The van der Waals surface area contributed by atoms with Crippen LogP contribution in [0.4, 0.5) is 19.0 Å². The van der Waals surface area contributed by atoms with Crippen molar-refractivity contribution in [3.05, 3.63) is 36.3 Å². The predicted octanol–water partition coefficient (Wildman–Crippen LogP) is 2.67. The molecule has 138 valence electrons. The van der Waals surface area contributed by atoms with E-state index >= 15 is 0 Å². The second-order valence-corrected chi connectivity index (χ2v) is 7.62. The molecule has 0 aliphatic heterocycles. The van der Waals surface area contributed by atoms with Gasteiger partial charge in [0.05, 0.1) is 11.3 Å². The van der Waals surface area contributed by atoms with Gasteiger partial charge < -0.3 is 5.32 Å². The van der Waals surface area contributed by atoms with Crippen molar-refractivity contribution in [2.45, 2.75) is 18.0 Å². The first kappa shape index (κ1) is 18.1. The molecule has 0 atom stereocenters. The van der Waals surface area contributed by atoms with Crippen LogP contribution >= 0.6 is 0 Å². The molecule has 0 fully saturated rings. The van der Waals surface area contributed by atoms with Crippen molar-refractivity contribution in [1.82, 2.24) is 19.7 Å². The molecule has 0 bridgehead atoms. The van der Waals surface area contributed by atoms with Crippen molar-refractivity contribution in [2.75, 3.05) is 18.1 Å². The molecule has 0 aliphatic carbocycles. The average molecular weight is 385 g/mol. The van der Waals surface area contributed by atoms with Crippen molar-refractivity contribution in [3.8, 4) is 5.82 Å². The van der Waals surface area contributed by atoms with E-state index in [9.17, 15) is 21.6 Å². The summed E-state index contributed by atoms with van der Waals surface area (Å²) in [5.74, 6) is 0.244. The van der Waals surface area contributed by atoms with Gasteiger partial charge in [0.25, 0.3) is 0 Å². The lowest BCUT2D eigenvalue weighted by Gasteiger charge is -2.10. The number of fused-ring (bicyclic) bond motifs is 1. The van der Waals surface area contributed by atoms with Crippen LogP contribution in [0.5, 0.6) is 0 Å². The second kappa shape index (κ2) is 6.24. The molecule has 7 nitrogen and oxygen atoms in total. The standard InChI is InChI=1S/C15H14F3N5O2S/c1-3-26(24,25)11-4-5-13(19-2)21-14(11)23-8-9-7-20-12(15(16,17)18)6-10(9)22-23/h4-8H,3H2,1-2H3,(H,19,21). The molecule has 0 amide bonds. The number of aromatic nitrogens is 4. The SMILES string of the molecule is CCS(=O)(=O)c1ccc(NC)nc1-n1cc2cnc(C(F)(F)F)cc2n1. The molecule has 3 rings (SSSR count). The summed E-state index contributed by atoms with van der Waals surface area (Å²) in [6.07, 6.45) is -2.17. The van der Waals surface area contributed by atoms with E-state index in [2.05, 4.69) is 20.4 Å². The number of halogens is 3. The summed E-state index contributed by atoms with van der Waals surface area (Å²) >= 11 is 0. The molecule has 0 unspecified atom stereocenters. The summed E-state index contributed by atoms with van der Waals surface area (Å²) < 4.78 is 64.3. The first-order valence-electron chi connectivity index (χ1n) is 7.50. The van der Waals surface area contributed by atoms with Gasteiger partial charge in [-0.25, -0.2) is 18.1 Å². The maximum Gasteiger partial charge on any atom is 0.433 e. The highest BCUT2D eigenvalue weighted by atomic mass is 32.2. The normalized spacial score (nSPS) is 12.5. The number of pyridine rings is 2. The lowest BCUT2D eigenvalue weighted by Crippen LogP contribution is -2.12. The van der Waals surface area contributed by atoms with E-state index in [4.69, 9.17) is 0 Å². The fourth-order valence-electron chi connectivity index (χ4n) is 2.32. The third-order valence-corrected chi connectivity index (χ3v) is 5.46. The highest BCUT2D eigenvalue weighted by Crippen LogP contribution is 2.30. The molecule has 0 saturated carbocycles. The van der Waals surface area contributed by atoms with Crippen LogP contribution < -0.4 is 5.32 Å². The Balaban J connectivity index is 2.22. The van der Waals surface area contributed by atoms with Crippen molar-refractivity contribution in [2.24, 2.45) is 0 Å². The van der Waals surface area contributed by atoms with Crippen molar-refractivity contribution in [1.29, 1.82) is 0 Å². The topological polar surface area (TPSA) is 89.8 Å². The first-order chi connectivity index (χ1) is 12.2. The van der Waals surface area contributed by atoms with E-state index in [1.54, 1.807) is 7.05 Å². The third-order valence-electron chi connectivity index (χ3n) is 3.71. The molecule has 3 aromatic rings. The maximum absolute atomic E-state index is 12.8. The monoisotopic (exact) mass is 385 g/mol. The zero-order chi connectivity index (χ0) is 19.1. The number of hydrogen-bond donors (Lipinski definition) is 1. The van der Waals surface area contributed by atoms with Gasteiger partial charge >= 0.3 is 6.18 Å². The van der Waals surface area contributed by atoms with Crippen LogP contribution in [0.25, 0.3) is 16.7 Å². The number of alkyl halides is 3. The van der Waals surface area contributed by atoms with E-state index in [0.717, 1.165) is 16.9 Å². The number of nitrogens with zero attached hydrogens (tertiary/aromatic N) is 4. The summed E-state index contributed by atoms with van der Waals surface area (Å²) in [4.78, 5) is 7.53. The molecule has 0 saturated heterocycles. The third kappa shape index (κ3) is 3.21. The van der Waals surface area contributed by atoms with Gasteiger partial charge in [-0.05, 0) is 18.2 Å². The van der Waals surface area contributed by atoms with E-state index in [1.807, 2.05) is 0 Å². The minimum absolute atomic E-state index is 0.00320. The first-order valence-corrected chi connectivity index (χ1v) is 9.15. The van der Waals surface area contributed by atoms with Crippen LogP contribution in [0.1, 0.15) is 12.6 Å². The van der Waals surface area contributed by atoms with Crippen LogP contribution in [0.2, 0.25) is 0 Å². The molecule has 26 heavy (non-hydrogen) atoms. The van der Waals surface area contributed by atoms with Gasteiger partial charge in [-0.15, -0.1) is 0 Å². The molecule has 3 heterocycles. The summed E-state index contributed by atoms with van der Waals surface area (Å²) in [6.45, 7) is 1.49. The zero-order valence-electron chi connectivity index (χ0n) is 13.7. The minimum Gasteiger partial charge on any atom is -0.373 e. The largest absolute Gasteiger partial charge is 0.433 e. The van der Waals surface area contributed by atoms with Crippen LogP contribution in [0, 0.1) is 0 Å². The molecular weight excluding hydrogens is 371 g/mol. The van der Waals surface area contributed by atoms with Crippen molar-refractivity contribution >= 4 is 26.6 Å². The Kier molecular flexibility index (Phi) is 4.34. The molecule has 0 radical (unpaired) electrons. The molecule has 3 aromatic heterocycles. The number of anilines is 1. The van der Waals surface area contributed by atoms with Crippen LogP contribution in [0.3, 0.4) is 0 Å². The smallest absolute Gasteiger partial charge is 0.373 e. The summed E-state index contributed by atoms with van der Waals surface area (Å²) in [6, 6.07) is 3.69. The Morgan fingerprint density at radius 3 is 2.62 bits per heavy atom. The van der Waals surface area contributed by atoms with E-state index < -0.39 is 21.7 Å². The van der Waals surface area contributed by atoms with E-state index in [0.29, 0.717) is 11.2 Å².